The van der Waals surface area contributed by atoms with E-state index in [0.29, 0.717) is 12.3 Å². The Kier molecular flexibility index (Phi) is 5.30. The summed E-state index contributed by atoms with van der Waals surface area (Å²) in [6.45, 7) is 4.58. The first-order valence-electron chi connectivity index (χ1n) is 8.56. The first-order chi connectivity index (χ1) is 11.6. The summed E-state index contributed by atoms with van der Waals surface area (Å²) in [6.07, 6.45) is 3.00. The number of benzene rings is 1. The number of nitrogens with one attached hydrogen (secondary N) is 1. The van der Waals surface area contributed by atoms with Gasteiger partial charge in [0.25, 0.3) is 5.91 Å². The van der Waals surface area contributed by atoms with Crippen molar-refractivity contribution in [2.24, 2.45) is 0 Å². The van der Waals surface area contributed by atoms with Crippen molar-refractivity contribution >= 4 is 5.91 Å². The van der Waals surface area contributed by atoms with Gasteiger partial charge in [0.15, 0.2) is 5.69 Å². The monoisotopic (exact) mass is 328 g/mol. The molecule has 0 aliphatic heterocycles. The van der Waals surface area contributed by atoms with Gasteiger partial charge in [-0.25, -0.2) is 0 Å². The van der Waals surface area contributed by atoms with E-state index < -0.39 is 0 Å². The highest BCUT2D eigenvalue weighted by Crippen LogP contribution is 2.24. The predicted octanol–water partition coefficient (Wildman–Crippen LogP) is 3.67. The average Bonchev–Trinajstić information content (AvgIpc) is 3.23. The van der Waals surface area contributed by atoms with Gasteiger partial charge < -0.3 is 14.6 Å². The van der Waals surface area contributed by atoms with E-state index in [0.717, 1.165) is 30.6 Å². The predicted molar refractivity (Wildman–Crippen MR) is 90.7 cm³/mol. The number of amides is 1. The minimum atomic E-state index is -0.189. The standard InChI is InChI=1S/C19H24N2O3/c1-13(2)18-11-16(21-24-18)19(22)20-15-9-6-10-17(15)23-12-14-7-4-3-5-8-14/h3-5,7-8,11,13,15,17H,6,9-10,12H2,1-2H3,(H,20,22)/t15-,17-/m1/s1. The molecule has 2 aromatic rings. The smallest absolute Gasteiger partial charge is 0.273 e. The molecule has 0 saturated heterocycles. The Balaban J connectivity index is 1.56. The van der Waals surface area contributed by atoms with Crippen molar-refractivity contribution in [3.05, 3.63) is 53.4 Å². The van der Waals surface area contributed by atoms with Crippen molar-refractivity contribution in [2.75, 3.05) is 0 Å². The quantitative estimate of drug-likeness (QED) is 0.879. The Morgan fingerprint density at radius 1 is 1.33 bits per heavy atom. The summed E-state index contributed by atoms with van der Waals surface area (Å²) < 4.78 is 11.2. The molecule has 1 aliphatic carbocycles. The van der Waals surface area contributed by atoms with Crippen molar-refractivity contribution < 1.29 is 14.1 Å². The Morgan fingerprint density at radius 2 is 2.12 bits per heavy atom. The largest absolute Gasteiger partial charge is 0.371 e. The summed E-state index contributed by atoms with van der Waals surface area (Å²) in [6, 6.07) is 11.8. The van der Waals surface area contributed by atoms with E-state index in [4.69, 9.17) is 9.26 Å². The fourth-order valence-corrected chi connectivity index (χ4v) is 2.98. The van der Waals surface area contributed by atoms with Gasteiger partial charge in [0.05, 0.1) is 18.8 Å². The molecule has 2 atom stereocenters. The zero-order valence-corrected chi connectivity index (χ0v) is 14.2. The molecular weight excluding hydrogens is 304 g/mol. The minimum Gasteiger partial charge on any atom is -0.371 e. The lowest BCUT2D eigenvalue weighted by molar-refractivity contribution is 0.0271. The Labute approximate surface area is 142 Å². The van der Waals surface area contributed by atoms with E-state index in [9.17, 15) is 4.79 Å². The fourth-order valence-electron chi connectivity index (χ4n) is 2.98. The second kappa shape index (κ2) is 7.62. The summed E-state index contributed by atoms with van der Waals surface area (Å²) in [5, 5.41) is 6.92. The van der Waals surface area contributed by atoms with Crippen LogP contribution in [0.3, 0.4) is 0 Å². The van der Waals surface area contributed by atoms with E-state index >= 15 is 0 Å². The molecule has 0 radical (unpaired) electrons. The number of nitrogens with zero attached hydrogens (tertiary/aromatic N) is 1. The molecule has 3 rings (SSSR count). The molecule has 1 N–H and O–H groups in total. The van der Waals surface area contributed by atoms with Crippen LogP contribution in [0.5, 0.6) is 0 Å². The number of hydrogen-bond donors (Lipinski definition) is 1. The normalized spacial score (nSPS) is 20.5. The maximum atomic E-state index is 12.4. The molecule has 0 bridgehead atoms. The van der Waals surface area contributed by atoms with Crippen molar-refractivity contribution in [1.29, 1.82) is 0 Å². The summed E-state index contributed by atoms with van der Waals surface area (Å²) in [5.74, 6) is 0.752. The average molecular weight is 328 g/mol. The van der Waals surface area contributed by atoms with Crippen LogP contribution >= 0.6 is 0 Å². The van der Waals surface area contributed by atoms with Crippen molar-refractivity contribution in [2.45, 2.75) is 57.8 Å². The van der Waals surface area contributed by atoms with Crippen LogP contribution in [0.2, 0.25) is 0 Å². The van der Waals surface area contributed by atoms with Crippen molar-refractivity contribution in [3.63, 3.8) is 0 Å². The lowest BCUT2D eigenvalue weighted by Gasteiger charge is -2.21. The summed E-state index contributed by atoms with van der Waals surface area (Å²) in [5.41, 5.74) is 1.49. The van der Waals surface area contributed by atoms with Gasteiger partial charge in [0.2, 0.25) is 0 Å². The van der Waals surface area contributed by atoms with Crippen LogP contribution in [-0.2, 0) is 11.3 Å². The van der Waals surface area contributed by atoms with Crippen LogP contribution in [0.25, 0.3) is 0 Å². The van der Waals surface area contributed by atoms with Gasteiger partial charge in [-0.15, -0.1) is 0 Å². The molecule has 1 aliphatic rings. The van der Waals surface area contributed by atoms with E-state index in [1.165, 1.54) is 0 Å². The first kappa shape index (κ1) is 16.7. The summed E-state index contributed by atoms with van der Waals surface area (Å²) in [4.78, 5) is 12.4. The topological polar surface area (TPSA) is 64.4 Å². The second-order valence-corrected chi connectivity index (χ2v) is 6.62. The molecule has 1 saturated carbocycles. The summed E-state index contributed by atoms with van der Waals surface area (Å²) in [7, 11) is 0. The van der Waals surface area contributed by atoms with Gasteiger partial charge in [-0.05, 0) is 24.8 Å². The number of rotatable bonds is 6. The lowest BCUT2D eigenvalue weighted by Crippen LogP contribution is -2.41. The minimum absolute atomic E-state index is 0.0282. The highest BCUT2D eigenvalue weighted by molar-refractivity contribution is 5.92. The number of aromatic nitrogens is 1. The molecule has 1 aromatic heterocycles. The van der Waals surface area contributed by atoms with E-state index in [1.54, 1.807) is 6.07 Å². The lowest BCUT2D eigenvalue weighted by atomic mass is 10.1. The van der Waals surface area contributed by atoms with Gasteiger partial charge in [-0.1, -0.05) is 49.3 Å². The maximum Gasteiger partial charge on any atom is 0.273 e. The van der Waals surface area contributed by atoms with Crippen LogP contribution < -0.4 is 5.32 Å². The molecule has 0 unspecified atom stereocenters. The van der Waals surface area contributed by atoms with Crippen LogP contribution in [0.15, 0.2) is 40.9 Å². The van der Waals surface area contributed by atoms with Gasteiger partial charge in [-0.2, -0.15) is 0 Å². The highest BCUT2D eigenvalue weighted by Gasteiger charge is 2.30. The molecule has 1 fully saturated rings. The number of carbonyl (C=O) groups excluding carboxylic acids is 1. The molecule has 128 valence electrons. The van der Waals surface area contributed by atoms with E-state index in [1.807, 2.05) is 44.2 Å². The molecular formula is C19H24N2O3. The van der Waals surface area contributed by atoms with Gasteiger partial charge >= 0.3 is 0 Å². The fraction of sp³-hybridized carbons (Fsp3) is 0.474. The molecule has 1 aromatic carbocycles. The molecule has 1 amide bonds. The Morgan fingerprint density at radius 3 is 2.83 bits per heavy atom. The third kappa shape index (κ3) is 4.03. The SMILES string of the molecule is CC(C)c1cc(C(=O)N[C@@H]2CCC[C@H]2OCc2ccccc2)no1. The number of ether oxygens (including phenoxy) is 1. The number of carbonyl (C=O) groups is 1. The zero-order valence-electron chi connectivity index (χ0n) is 14.2. The number of hydrogen-bond acceptors (Lipinski definition) is 4. The molecule has 0 spiro atoms. The first-order valence-corrected chi connectivity index (χ1v) is 8.56. The van der Waals surface area contributed by atoms with E-state index in [-0.39, 0.29) is 24.0 Å². The molecule has 5 heteroatoms. The molecule has 1 heterocycles. The van der Waals surface area contributed by atoms with Crippen LogP contribution in [0.4, 0.5) is 0 Å². The van der Waals surface area contributed by atoms with Crippen molar-refractivity contribution in [3.8, 4) is 0 Å². The van der Waals surface area contributed by atoms with Gasteiger partial charge in [0, 0.05) is 12.0 Å². The zero-order chi connectivity index (χ0) is 16.9. The van der Waals surface area contributed by atoms with E-state index in [2.05, 4.69) is 10.5 Å². The van der Waals surface area contributed by atoms with Crippen LogP contribution in [0, 0.1) is 0 Å². The highest BCUT2D eigenvalue weighted by atomic mass is 16.5. The maximum absolute atomic E-state index is 12.4. The Hall–Kier alpha value is -2.14. The molecule has 5 nitrogen and oxygen atoms in total. The van der Waals surface area contributed by atoms with Gasteiger partial charge in [0.1, 0.15) is 5.76 Å². The third-order valence-electron chi connectivity index (χ3n) is 4.41. The van der Waals surface area contributed by atoms with Crippen LogP contribution in [0.1, 0.15) is 60.8 Å². The van der Waals surface area contributed by atoms with Crippen LogP contribution in [-0.4, -0.2) is 23.2 Å². The second-order valence-electron chi connectivity index (χ2n) is 6.62. The third-order valence-corrected chi connectivity index (χ3v) is 4.41. The Bertz CT molecular complexity index is 666. The molecule has 24 heavy (non-hydrogen) atoms. The van der Waals surface area contributed by atoms with Gasteiger partial charge in [-0.3, -0.25) is 4.79 Å². The van der Waals surface area contributed by atoms with Crippen molar-refractivity contribution in [1.82, 2.24) is 10.5 Å². The summed E-state index contributed by atoms with van der Waals surface area (Å²) >= 11 is 0.